The first-order chi connectivity index (χ1) is 23.3. The van der Waals surface area contributed by atoms with Gasteiger partial charge in [-0.25, -0.2) is 0 Å². The van der Waals surface area contributed by atoms with Crippen LogP contribution in [0.25, 0.3) is 0 Å². The summed E-state index contributed by atoms with van der Waals surface area (Å²) < 4.78 is 16.3. The molecule has 0 aliphatic heterocycles. The summed E-state index contributed by atoms with van der Waals surface area (Å²) in [5, 5.41) is 0. The van der Waals surface area contributed by atoms with Crippen molar-refractivity contribution in [2.45, 2.75) is 220 Å². The fraction of sp³-hybridized carbons (Fsp3) is 0.902. The predicted octanol–water partition coefficient (Wildman–Crippen LogP) is 11.6. The van der Waals surface area contributed by atoms with Crippen molar-refractivity contribution < 1.29 is 33.4 Å². The number of rotatable bonds is 36. The second-order valence-electron chi connectivity index (χ2n) is 14.2. The smallest absolute Gasteiger partial charge is 0.309 e. The molecular formula is C41H76O7. The molecular weight excluding hydrogens is 604 g/mol. The lowest BCUT2D eigenvalue weighted by Gasteiger charge is -2.20. The Hall–Kier alpha value is -1.92. The van der Waals surface area contributed by atoms with Crippen LogP contribution in [0.15, 0.2) is 0 Å². The second kappa shape index (κ2) is 34.9. The van der Waals surface area contributed by atoms with E-state index in [0.717, 1.165) is 38.5 Å². The predicted molar refractivity (Wildman–Crippen MR) is 197 cm³/mol. The Balaban J connectivity index is 4.19. The van der Waals surface area contributed by atoms with Crippen LogP contribution < -0.4 is 0 Å². The average molecular weight is 681 g/mol. The summed E-state index contributed by atoms with van der Waals surface area (Å²) in [5.74, 6) is -1.96. The highest BCUT2D eigenvalue weighted by Gasteiger charge is 2.24. The van der Waals surface area contributed by atoms with Crippen LogP contribution in [0.3, 0.4) is 0 Å². The van der Waals surface area contributed by atoms with Gasteiger partial charge in [0.1, 0.15) is 19.0 Å². The van der Waals surface area contributed by atoms with E-state index in [-0.39, 0.29) is 37.4 Å². The maximum atomic E-state index is 12.5. The molecule has 0 N–H and O–H groups in total. The Morgan fingerprint density at radius 1 is 0.458 bits per heavy atom. The minimum Gasteiger partial charge on any atom is -0.462 e. The van der Waals surface area contributed by atoms with Gasteiger partial charge in [0, 0.05) is 19.3 Å². The summed E-state index contributed by atoms with van der Waals surface area (Å²) in [6.07, 6.45) is 32.0. The molecule has 0 rings (SSSR count). The third-order valence-corrected chi connectivity index (χ3v) is 9.11. The minimum atomic E-state index is -0.891. The first kappa shape index (κ1) is 46.1. The van der Waals surface area contributed by atoms with Crippen molar-refractivity contribution in [3.05, 3.63) is 0 Å². The molecule has 48 heavy (non-hydrogen) atoms. The van der Waals surface area contributed by atoms with Crippen molar-refractivity contribution in [3.63, 3.8) is 0 Å². The topological polar surface area (TPSA) is 96.0 Å². The van der Waals surface area contributed by atoms with Gasteiger partial charge < -0.3 is 19.0 Å². The summed E-state index contributed by atoms with van der Waals surface area (Å²) in [5.41, 5.74) is 0. The van der Waals surface area contributed by atoms with Crippen LogP contribution in [-0.4, -0.2) is 43.0 Å². The van der Waals surface area contributed by atoms with E-state index in [0.29, 0.717) is 12.8 Å². The van der Waals surface area contributed by atoms with Crippen LogP contribution in [0.4, 0.5) is 0 Å². The lowest BCUT2D eigenvalue weighted by Crippen LogP contribution is -2.33. The fourth-order valence-electron chi connectivity index (χ4n) is 6.00. The molecule has 1 atom stereocenters. The fourth-order valence-corrected chi connectivity index (χ4v) is 6.00. The SMILES string of the molecule is CCCCCCCCCCCCCCCC(=O)OCC(COC(=O)CCCCCCCCCCCCCCC)OC(=O)C(C)CC(C)=O. The van der Waals surface area contributed by atoms with E-state index < -0.39 is 18.0 Å². The molecule has 0 bridgehead atoms. The van der Waals surface area contributed by atoms with E-state index in [1.54, 1.807) is 6.92 Å². The van der Waals surface area contributed by atoms with Gasteiger partial charge in [0.15, 0.2) is 6.10 Å². The molecule has 0 saturated carbocycles. The number of esters is 3. The van der Waals surface area contributed by atoms with Crippen molar-refractivity contribution in [2.24, 2.45) is 5.92 Å². The standard InChI is InChI=1S/C41H76O7/c1-5-7-9-11-13-15-17-19-21-23-25-27-29-31-39(43)46-34-38(48-41(45)36(3)33-37(4)42)35-47-40(44)32-30-28-26-24-22-20-18-16-14-12-10-8-6-2/h36,38H,5-35H2,1-4H3. The van der Waals surface area contributed by atoms with Crippen molar-refractivity contribution in [1.29, 1.82) is 0 Å². The highest BCUT2D eigenvalue weighted by Crippen LogP contribution is 2.15. The molecule has 0 aromatic heterocycles. The summed E-state index contributed by atoms with van der Waals surface area (Å²) in [6, 6.07) is 0. The number of hydrogen-bond acceptors (Lipinski definition) is 7. The first-order valence-electron chi connectivity index (χ1n) is 20.3. The largest absolute Gasteiger partial charge is 0.462 e. The van der Waals surface area contributed by atoms with E-state index in [1.165, 1.54) is 135 Å². The minimum absolute atomic E-state index is 0.0726. The molecule has 7 heteroatoms. The molecule has 0 fully saturated rings. The zero-order valence-electron chi connectivity index (χ0n) is 31.9. The van der Waals surface area contributed by atoms with E-state index in [2.05, 4.69) is 13.8 Å². The lowest BCUT2D eigenvalue weighted by atomic mass is 10.0. The van der Waals surface area contributed by atoms with Gasteiger partial charge in [0.05, 0.1) is 5.92 Å². The van der Waals surface area contributed by atoms with Crippen molar-refractivity contribution in [3.8, 4) is 0 Å². The number of Topliss-reactive ketones (excluding diaryl/α,β-unsaturated/α-hetero) is 1. The molecule has 0 spiro atoms. The van der Waals surface area contributed by atoms with Gasteiger partial charge in [-0.2, -0.15) is 0 Å². The number of unbranched alkanes of at least 4 members (excludes halogenated alkanes) is 24. The molecule has 7 nitrogen and oxygen atoms in total. The summed E-state index contributed by atoms with van der Waals surface area (Å²) in [4.78, 5) is 48.8. The van der Waals surface area contributed by atoms with Crippen LogP contribution in [-0.2, 0) is 33.4 Å². The van der Waals surface area contributed by atoms with Gasteiger partial charge in [-0.05, 0) is 19.8 Å². The quantitative estimate of drug-likeness (QED) is 0.0369. The van der Waals surface area contributed by atoms with Gasteiger partial charge in [0.2, 0.25) is 0 Å². The van der Waals surface area contributed by atoms with E-state index >= 15 is 0 Å². The van der Waals surface area contributed by atoms with Gasteiger partial charge in [0.25, 0.3) is 0 Å². The molecule has 0 aliphatic rings. The highest BCUT2D eigenvalue weighted by atomic mass is 16.6. The Morgan fingerprint density at radius 2 is 0.750 bits per heavy atom. The first-order valence-corrected chi connectivity index (χ1v) is 20.3. The lowest BCUT2D eigenvalue weighted by molar-refractivity contribution is -0.169. The van der Waals surface area contributed by atoms with Crippen LogP contribution >= 0.6 is 0 Å². The molecule has 0 radical (unpaired) electrons. The maximum Gasteiger partial charge on any atom is 0.309 e. The van der Waals surface area contributed by atoms with Crippen LogP contribution in [0, 0.1) is 5.92 Å². The molecule has 0 aromatic carbocycles. The summed E-state index contributed by atoms with van der Waals surface area (Å²) in [7, 11) is 0. The normalized spacial score (nSPS) is 11.9. The van der Waals surface area contributed by atoms with Crippen molar-refractivity contribution in [1.82, 2.24) is 0 Å². The summed E-state index contributed by atoms with van der Waals surface area (Å²) in [6.45, 7) is 7.23. The Bertz CT molecular complexity index is 735. The zero-order valence-corrected chi connectivity index (χ0v) is 31.9. The Kier molecular flexibility index (Phi) is 33.5. The van der Waals surface area contributed by atoms with Gasteiger partial charge in [-0.1, -0.05) is 175 Å². The van der Waals surface area contributed by atoms with Crippen LogP contribution in [0.1, 0.15) is 214 Å². The third-order valence-electron chi connectivity index (χ3n) is 9.11. The third kappa shape index (κ3) is 32.6. The molecule has 0 saturated heterocycles. The molecule has 1 unspecified atom stereocenters. The van der Waals surface area contributed by atoms with Crippen molar-refractivity contribution >= 4 is 23.7 Å². The average Bonchev–Trinajstić information content (AvgIpc) is 3.06. The maximum absolute atomic E-state index is 12.5. The number of carbonyl (C=O) groups excluding carboxylic acids is 4. The monoisotopic (exact) mass is 681 g/mol. The van der Waals surface area contributed by atoms with E-state index in [4.69, 9.17) is 14.2 Å². The Labute approximate surface area is 295 Å². The molecule has 282 valence electrons. The van der Waals surface area contributed by atoms with Crippen LogP contribution in [0.5, 0.6) is 0 Å². The van der Waals surface area contributed by atoms with Crippen LogP contribution in [0.2, 0.25) is 0 Å². The van der Waals surface area contributed by atoms with Gasteiger partial charge in [-0.3, -0.25) is 14.4 Å². The Morgan fingerprint density at radius 3 is 1.04 bits per heavy atom. The van der Waals surface area contributed by atoms with Gasteiger partial charge in [-0.15, -0.1) is 0 Å². The number of ketones is 1. The number of carbonyl (C=O) groups is 4. The van der Waals surface area contributed by atoms with Gasteiger partial charge >= 0.3 is 17.9 Å². The van der Waals surface area contributed by atoms with Crippen molar-refractivity contribution in [2.75, 3.05) is 13.2 Å². The van der Waals surface area contributed by atoms with E-state index in [9.17, 15) is 19.2 Å². The molecule has 0 aromatic rings. The number of ether oxygens (including phenoxy) is 3. The highest BCUT2D eigenvalue weighted by molar-refractivity contribution is 5.82. The van der Waals surface area contributed by atoms with E-state index in [1.807, 2.05) is 0 Å². The number of hydrogen-bond donors (Lipinski definition) is 0. The molecule has 0 amide bonds. The summed E-state index contributed by atoms with van der Waals surface area (Å²) >= 11 is 0. The second-order valence-corrected chi connectivity index (χ2v) is 14.2. The zero-order chi connectivity index (χ0) is 35.5. The molecule has 0 aliphatic carbocycles. The molecule has 0 heterocycles.